The van der Waals surface area contributed by atoms with E-state index in [0.29, 0.717) is 24.4 Å². The van der Waals surface area contributed by atoms with E-state index in [0.717, 1.165) is 25.9 Å². The van der Waals surface area contributed by atoms with Crippen molar-refractivity contribution in [1.29, 1.82) is 5.26 Å². The van der Waals surface area contributed by atoms with Crippen LogP contribution in [0.2, 0.25) is 0 Å². The third kappa shape index (κ3) is 5.38. The molecule has 2 aliphatic rings. The number of hydrogen-bond acceptors (Lipinski definition) is 6. The van der Waals surface area contributed by atoms with Gasteiger partial charge in [0, 0.05) is 18.4 Å². The molecular weight excluding hydrogens is 453 g/mol. The fraction of sp³-hybridized carbons (Fsp3) is 0.500. The lowest BCUT2D eigenvalue weighted by atomic mass is 9.79. The summed E-state index contributed by atoms with van der Waals surface area (Å²) in [7, 11) is 2.07. The third-order valence-corrected chi connectivity index (χ3v) is 7.15. The van der Waals surface area contributed by atoms with Crippen LogP contribution in [0.5, 0.6) is 0 Å². The Morgan fingerprint density at radius 3 is 2.51 bits per heavy atom. The number of benzene rings is 1. The molecule has 0 saturated carbocycles. The number of anilines is 2. The number of nitrogens with one attached hydrogen (secondary N) is 1. The molecule has 4 rings (SSSR count). The smallest absolute Gasteiger partial charge is 0.407 e. The van der Waals surface area contributed by atoms with Gasteiger partial charge in [-0.1, -0.05) is 0 Å². The van der Waals surface area contributed by atoms with Crippen LogP contribution >= 0.6 is 0 Å². The summed E-state index contributed by atoms with van der Waals surface area (Å²) in [4.78, 5) is 27.8. The molecule has 2 fully saturated rings. The Labute approximate surface area is 203 Å². The van der Waals surface area contributed by atoms with Gasteiger partial charge in [-0.05, 0) is 76.0 Å². The fourth-order valence-corrected chi connectivity index (χ4v) is 5.19. The standard InChI is InChI=1S/C24H30FN7O3/c1-30-9-6-15(7-10-30)12-21-18(13-26)20(8-11-31(21)24(34)35)32-14-19(22(27)33)23(29-32)28-17-4-2-16(25)3-5-17/h2-5,14-15,18,20-21H,6-12H2,1H3,(H2,27,33)(H,28,29)(H,34,35)/t18-,20+,21?/m1/s1. The molecule has 2 amide bonds. The molecule has 3 atom stereocenters. The Hall–Kier alpha value is -3.65. The summed E-state index contributed by atoms with van der Waals surface area (Å²) >= 11 is 0. The van der Waals surface area contributed by atoms with Gasteiger partial charge in [0.1, 0.15) is 11.4 Å². The quantitative estimate of drug-likeness (QED) is 0.573. The molecule has 1 unspecified atom stereocenters. The van der Waals surface area contributed by atoms with Crippen LogP contribution < -0.4 is 11.1 Å². The van der Waals surface area contributed by atoms with Crippen LogP contribution in [-0.4, -0.2) is 69.4 Å². The van der Waals surface area contributed by atoms with E-state index < -0.39 is 35.8 Å². The van der Waals surface area contributed by atoms with Gasteiger partial charge in [0.15, 0.2) is 5.82 Å². The van der Waals surface area contributed by atoms with Crippen LogP contribution in [0.25, 0.3) is 0 Å². The van der Waals surface area contributed by atoms with Crippen molar-refractivity contribution in [1.82, 2.24) is 19.6 Å². The minimum absolute atomic E-state index is 0.138. The fourth-order valence-electron chi connectivity index (χ4n) is 5.19. The summed E-state index contributed by atoms with van der Waals surface area (Å²) in [5, 5.41) is 27.5. The normalized spacial score (nSPS) is 23.6. The average molecular weight is 484 g/mol. The SMILES string of the molecule is CN1CCC(CC2[C@H](C#N)[C@@H](n3cc(C(N)=O)c(Nc4ccc(F)cc4)n3)CCN2C(=O)O)CC1. The monoisotopic (exact) mass is 483 g/mol. The van der Waals surface area contributed by atoms with Crippen LogP contribution in [0, 0.1) is 29.0 Å². The number of carboxylic acid groups (broad SMARTS) is 1. The minimum Gasteiger partial charge on any atom is -0.465 e. The van der Waals surface area contributed by atoms with Gasteiger partial charge in [-0.15, -0.1) is 0 Å². The second-order valence-electron chi connectivity index (χ2n) is 9.40. The van der Waals surface area contributed by atoms with Crippen molar-refractivity contribution in [2.45, 2.75) is 37.8 Å². The summed E-state index contributed by atoms with van der Waals surface area (Å²) in [6.07, 6.45) is 3.39. The van der Waals surface area contributed by atoms with E-state index in [1.54, 1.807) is 4.68 Å². The van der Waals surface area contributed by atoms with E-state index in [4.69, 9.17) is 5.73 Å². The molecule has 0 radical (unpaired) electrons. The zero-order chi connectivity index (χ0) is 25.1. The average Bonchev–Trinajstić information content (AvgIpc) is 3.25. The maximum atomic E-state index is 13.3. The lowest BCUT2D eigenvalue weighted by molar-refractivity contribution is 0.0492. The summed E-state index contributed by atoms with van der Waals surface area (Å²) in [6, 6.07) is 7.04. The van der Waals surface area contributed by atoms with Gasteiger partial charge in [-0.3, -0.25) is 9.48 Å². The van der Waals surface area contributed by atoms with Gasteiger partial charge in [0.25, 0.3) is 5.91 Å². The van der Waals surface area contributed by atoms with Gasteiger partial charge in [-0.2, -0.15) is 10.4 Å². The van der Waals surface area contributed by atoms with E-state index in [1.165, 1.54) is 35.4 Å². The molecule has 0 spiro atoms. The van der Waals surface area contributed by atoms with Crippen LogP contribution in [0.3, 0.4) is 0 Å². The highest BCUT2D eigenvalue weighted by molar-refractivity contribution is 5.98. The van der Waals surface area contributed by atoms with Gasteiger partial charge >= 0.3 is 6.09 Å². The molecule has 1 aromatic heterocycles. The summed E-state index contributed by atoms with van der Waals surface area (Å²) in [5.41, 5.74) is 6.24. The molecule has 2 aliphatic heterocycles. The lowest BCUT2D eigenvalue weighted by Gasteiger charge is -2.43. The Kier molecular flexibility index (Phi) is 7.21. The van der Waals surface area contributed by atoms with Gasteiger partial charge in [0.05, 0.1) is 24.1 Å². The summed E-state index contributed by atoms with van der Waals surface area (Å²) < 4.78 is 14.8. The van der Waals surface area contributed by atoms with Crippen molar-refractivity contribution in [3.63, 3.8) is 0 Å². The zero-order valence-corrected chi connectivity index (χ0v) is 19.6. The first-order chi connectivity index (χ1) is 16.8. The Morgan fingerprint density at radius 2 is 1.91 bits per heavy atom. The van der Waals surface area contributed by atoms with Crippen molar-refractivity contribution in [3.8, 4) is 6.07 Å². The molecule has 3 heterocycles. The molecule has 0 aliphatic carbocycles. The molecule has 2 saturated heterocycles. The van der Waals surface area contributed by atoms with E-state index in [-0.39, 0.29) is 17.9 Å². The van der Waals surface area contributed by atoms with Crippen LogP contribution in [0.15, 0.2) is 30.5 Å². The molecular formula is C24H30FN7O3. The van der Waals surface area contributed by atoms with E-state index in [9.17, 15) is 24.3 Å². The molecule has 10 nitrogen and oxygen atoms in total. The zero-order valence-electron chi connectivity index (χ0n) is 19.6. The number of piperidine rings is 2. The third-order valence-electron chi connectivity index (χ3n) is 7.15. The number of nitriles is 1. The van der Waals surface area contributed by atoms with Gasteiger partial charge < -0.3 is 26.0 Å². The molecule has 186 valence electrons. The number of hydrogen-bond donors (Lipinski definition) is 3. The Morgan fingerprint density at radius 1 is 1.23 bits per heavy atom. The number of amides is 2. The second kappa shape index (κ2) is 10.3. The van der Waals surface area contributed by atoms with Crippen molar-refractivity contribution in [2.75, 3.05) is 32.0 Å². The van der Waals surface area contributed by atoms with Crippen LogP contribution in [-0.2, 0) is 0 Å². The minimum atomic E-state index is -1.03. The molecule has 2 aromatic rings. The molecule has 1 aromatic carbocycles. The number of halogens is 1. The van der Waals surface area contributed by atoms with E-state index >= 15 is 0 Å². The Bertz CT molecular complexity index is 1110. The van der Waals surface area contributed by atoms with E-state index in [1.807, 2.05) is 0 Å². The van der Waals surface area contributed by atoms with Crippen molar-refractivity contribution in [2.24, 2.45) is 17.6 Å². The Balaban J connectivity index is 1.61. The largest absolute Gasteiger partial charge is 0.465 e. The number of rotatable bonds is 6. The number of nitrogens with two attached hydrogens (primary N) is 1. The number of aromatic nitrogens is 2. The summed E-state index contributed by atoms with van der Waals surface area (Å²) in [5.74, 6) is -1.19. The first kappa shape index (κ1) is 24.5. The molecule has 4 N–H and O–H groups in total. The highest BCUT2D eigenvalue weighted by Crippen LogP contribution is 2.38. The van der Waals surface area contributed by atoms with E-state index in [2.05, 4.69) is 28.4 Å². The van der Waals surface area contributed by atoms with Gasteiger partial charge in [-0.25, -0.2) is 9.18 Å². The topological polar surface area (TPSA) is 141 Å². The lowest BCUT2D eigenvalue weighted by Crippen LogP contribution is -2.52. The summed E-state index contributed by atoms with van der Waals surface area (Å²) in [6.45, 7) is 2.16. The predicted molar refractivity (Wildman–Crippen MR) is 127 cm³/mol. The number of carbonyl (C=O) groups is 2. The number of likely N-dealkylation sites (tertiary alicyclic amines) is 2. The number of carbonyl (C=O) groups excluding carboxylic acids is 1. The van der Waals surface area contributed by atoms with Crippen LogP contribution in [0.1, 0.15) is 42.1 Å². The highest BCUT2D eigenvalue weighted by atomic mass is 19.1. The maximum Gasteiger partial charge on any atom is 0.407 e. The van der Waals surface area contributed by atoms with Crippen molar-refractivity contribution >= 4 is 23.5 Å². The first-order valence-electron chi connectivity index (χ1n) is 11.8. The first-order valence-corrected chi connectivity index (χ1v) is 11.8. The molecule has 11 heteroatoms. The molecule has 0 bridgehead atoms. The van der Waals surface area contributed by atoms with Crippen molar-refractivity contribution in [3.05, 3.63) is 41.8 Å². The number of nitrogens with zero attached hydrogens (tertiary/aromatic N) is 5. The predicted octanol–water partition coefficient (Wildman–Crippen LogP) is 3.03. The van der Waals surface area contributed by atoms with Crippen LogP contribution in [0.4, 0.5) is 20.7 Å². The number of primary amides is 1. The van der Waals surface area contributed by atoms with Crippen molar-refractivity contribution < 1.29 is 19.1 Å². The van der Waals surface area contributed by atoms with Gasteiger partial charge in [0.2, 0.25) is 0 Å². The molecule has 35 heavy (non-hydrogen) atoms. The maximum absolute atomic E-state index is 13.3. The second-order valence-corrected chi connectivity index (χ2v) is 9.40. The highest BCUT2D eigenvalue weighted by Gasteiger charge is 2.43.